The van der Waals surface area contributed by atoms with Crippen LogP contribution in [0.1, 0.15) is 15.9 Å². The lowest BCUT2D eigenvalue weighted by atomic mass is 9.95. The van der Waals surface area contributed by atoms with Crippen molar-refractivity contribution >= 4 is 17.3 Å². The zero-order valence-corrected chi connectivity index (χ0v) is 14.0. The van der Waals surface area contributed by atoms with Crippen molar-refractivity contribution in [1.29, 1.82) is 0 Å². The number of nitrogens with zero attached hydrogens (tertiary/aromatic N) is 2. The van der Waals surface area contributed by atoms with E-state index in [4.69, 9.17) is 0 Å². The number of nitrogens with one attached hydrogen (secondary N) is 1. The number of pyridine rings is 1. The predicted molar refractivity (Wildman–Crippen MR) is 98.2 cm³/mol. The second-order valence-electron chi connectivity index (χ2n) is 5.73. The van der Waals surface area contributed by atoms with Crippen molar-refractivity contribution in [3.05, 3.63) is 93.4 Å². The number of carboxylic acids is 1. The molecule has 0 bridgehead atoms. The fourth-order valence-electron chi connectivity index (χ4n) is 2.81. The van der Waals surface area contributed by atoms with Gasteiger partial charge in [0.25, 0.3) is 0 Å². The van der Waals surface area contributed by atoms with Gasteiger partial charge < -0.3 is 15.6 Å². The topological polar surface area (TPSA) is 119 Å². The Labute approximate surface area is 154 Å². The zero-order chi connectivity index (χ0) is 19.4. The highest BCUT2D eigenvalue weighted by Crippen LogP contribution is 2.28. The van der Waals surface area contributed by atoms with Crippen molar-refractivity contribution in [2.75, 3.05) is 5.32 Å². The molecule has 0 radical (unpaired) electrons. The van der Waals surface area contributed by atoms with Gasteiger partial charge in [0.05, 0.1) is 16.6 Å². The molecule has 3 aromatic rings. The van der Waals surface area contributed by atoms with E-state index < -0.39 is 10.9 Å². The average molecular weight is 365 g/mol. The van der Waals surface area contributed by atoms with Crippen molar-refractivity contribution in [3.63, 3.8) is 0 Å². The second kappa shape index (κ2) is 7.52. The molecule has 0 amide bonds. The van der Waals surface area contributed by atoms with Crippen LogP contribution in [0, 0.1) is 15.3 Å². The van der Waals surface area contributed by atoms with Crippen LogP contribution in [0.25, 0.3) is 11.1 Å². The first-order valence-electron chi connectivity index (χ1n) is 7.99. The lowest BCUT2D eigenvalue weighted by Gasteiger charge is -2.13. The van der Waals surface area contributed by atoms with E-state index in [-0.39, 0.29) is 23.5 Å². The molecule has 0 aliphatic carbocycles. The lowest BCUT2D eigenvalue weighted by molar-refractivity contribution is -0.605. The van der Waals surface area contributed by atoms with E-state index in [0.717, 1.165) is 24.0 Å². The van der Waals surface area contributed by atoms with Crippen LogP contribution in [-0.2, 0) is 6.54 Å². The van der Waals surface area contributed by atoms with Crippen molar-refractivity contribution in [3.8, 4) is 11.1 Å². The maximum Gasteiger partial charge on any atom is 0.336 e. The van der Waals surface area contributed by atoms with Crippen LogP contribution in [0.5, 0.6) is 0 Å². The number of hydrogen-bond acceptors (Lipinski definition) is 5. The molecule has 0 aliphatic rings. The molecule has 1 aromatic heterocycles. The lowest BCUT2D eigenvalue weighted by Crippen LogP contribution is -2.25. The van der Waals surface area contributed by atoms with Gasteiger partial charge in [-0.1, -0.05) is 48.5 Å². The molecular weight excluding hydrogens is 350 g/mol. The van der Waals surface area contributed by atoms with E-state index in [0.29, 0.717) is 15.9 Å². The summed E-state index contributed by atoms with van der Waals surface area (Å²) in [5.74, 6) is -1.10. The number of rotatable bonds is 6. The fraction of sp³-hybridized carbons (Fsp3) is 0.0526. The van der Waals surface area contributed by atoms with Crippen LogP contribution in [0.3, 0.4) is 0 Å². The molecule has 8 nitrogen and oxygen atoms in total. The Morgan fingerprint density at radius 1 is 1.11 bits per heavy atom. The molecule has 0 saturated heterocycles. The normalized spacial score (nSPS) is 10.4. The molecular formula is C19H15N3O5. The fourth-order valence-corrected chi connectivity index (χ4v) is 2.81. The maximum atomic E-state index is 11.9. The summed E-state index contributed by atoms with van der Waals surface area (Å²) in [6, 6.07) is 15.2. The highest BCUT2D eigenvalue weighted by atomic mass is 16.6. The van der Waals surface area contributed by atoms with E-state index in [9.17, 15) is 25.2 Å². The van der Waals surface area contributed by atoms with Crippen LogP contribution in [-0.4, -0.2) is 16.0 Å². The van der Waals surface area contributed by atoms with E-state index in [2.05, 4.69) is 5.32 Å². The highest BCUT2D eigenvalue weighted by Gasteiger charge is 2.20. The van der Waals surface area contributed by atoms with Crippen molar-refractivity contribution in [2.45, 2.75) is 6.54 Å². The molecule has 2 aromatic carbocycles. The first-order valence-corrected chi connectivity index (χ1v) is 7.99. The summed E-state index contributed by atoms with van der Waals surface area (Å²) >= 11 is 0. The van der Waals surface area contributed by atoms with Gasteiger partial charge in [0.1, 0.15) is 0 Å². The van der Waals surface area contributed by atoms with Gasteiger partial charge >= 0.3 is 11.7 Å². The van der Waals surface area contributed by atoms with E-state index in [1.54, 1.807) is 30.3 Å². The van der Waals surface area contributed by atoms with Crippen LogP contribution in [0.4, 0.5) is 11.4 Å². The summed E-state index contributed by atoms with van der Waals surface area (Å²) in [5, 5.41) is 35.1. The first kappa shape index (κ1) is 17.9. The SMILES string of the molecule is O=C(O)c1c(CNc2c[n+]([O-])ccc2[N+](=O)[O-])cccc1-c1ccccc1. The Hall–Kier alpha value is -3.94. The van der Waals surface area contributed by atoms with Gasteiger partial charge in [-0.3, -0.25) is 10.1 Å². The Balaban J connectivity index is 1.98. The minimum atomic E-state index is -1.10. The highest BCUT2D eigenvalue weighted by molar-refractivity contribution is 5.97. The third-order valence-electron chi connectivity index (χ3n) is 4.03. The standard InChI is InChI=1S/C19H15N3O5/c23-19(24)18-14(7-4-8-15(18)13-5-2-1-3-6-13)11-20-16-12-21(25)10-9-17(16)22(26)27/h1-10,12,20H,11H2,(H,23,24). The average Bonchev–Trinajstić information content (AvgIpc) is 2.66. The third-order valence-corrected chi connectivity index (χ3v) is 4.03. The third kappa shape index (κ3) is 3.84. The molecule has 1 heterocycles. The number of carboxylic acid groups (broad SMARTS) is 1. The summed E-state index contributed by atoms with van der Waals surface area (Å²) < 4.78 is 0.438. The van der Waals surface area contributed by atoms with Crippen LogP contribution in [0.15, 0.2) is 67.0 Å². The van der Waals surface area contributed by atoms with E-state index >= 15 is 0 Å². The quantitative estimate of drug-likeness (QED) is 0.300. The zero-order valence-electron chi connectivity index (χ0n) is 14.0. The van der Waals surface area contributed by atoms with Crippen molar-refractivity contribution < 1.29 is 19.6 Å². The number of hydrogen-bond donors (Lipinski definition) is 2. The number of benzene rings is 2. The number of aromatic nitrogens is 1. The van der Waals surface area contributed by atoms with Crippen molar-refractivity contribution in [2.24, 2.45) is 0 Å². The van der Waals surface area contributed by atoms with Crippen molar-refractivity contribution in [1.82, 2.24) is 0 Å². The molecule has 0 atom stereocenters. The minimum Gasteiger partial charge on any atom is -0.619 e. The van der Waals surface area contributed by atoms with E-state index in [1.165, 1.54) is 0 Å². The second-order valence-corrected chi connectivity index (χ2v) is 5.73. The summed E-state index contributed by atoms with van der Waals surface area (Å²) in [6.45, 7) is 0.00710. The molecule has 27 heavy (non-hydrogen) atoms. The summed E-state index contributed by atoms with van der Waals surface area (Å²) in [4.78, 5) is 22.4. The Kier molecular flexibility index (Phi) is 4.98. The molecule has 3 rings (SSSR count). The largest absolute Gasteiger partial charge is 0.619 e. The number of nitro groups is 1. The maximum absolute atomic E-state index is 11.9. The molecule has 2 N–H and O–H groups in total. The molecule has 0 fully saturated rings. The first-order chi connectivity index (χ1) is 13.0. The summed E-state index contributed by atoms with van der Waals surface area (Å²) in [6.07, 6.45) is 2.07. The molecule has 0 spiro atoms. The van der Waals surface area contributed by atoms with Crippen LogP contribution < -0.4 is 10.0 Å². The predicted octanol–water partition coefficient (Wildman–Crippen LogP) is 3.21. The number of aromatic carboxylic acids is 1. The van der Waals surface area contributed by atoms with Gasteiger partial charge in [-0.05, 0) is 16.7 Å². The Morgan fingerprint density at radius 2 is 1.85 bits per heavy atom. The van der Waals surface area contributed by atoms with Gasteiger partial charge in [0.2, 0.25) is 6.20 Å². The van der Waals surface area contributed by atoms with Gasteiger partial charge in [-0.15, -0.1) is 0 Å². The van der Waals surface area contributed by atoms with E-state index in [1.807, 2.05) is 18.2 Å². The van der Waals surface area contributed by atoms with Gasteiger partial charge in [-0.2, -0.15) is 4.73 Å². The summed E-state index contributed by atoms with van der Waals surface area (Å²) in [5.41, 5.74) is 1.59. The van der Waals surface area contributed by atoms with Crippen LogP contribution in [0.2, 0.25) is 0 Å². The smallest absolute Gasteiger partial charge is 0.336 e. The van der Waals surface area contributed by atoms with Gasteiger partial charge in [-0.25, -0.2) is 4.79 Å². The number of anilines is 1. The Morgan fingerprint density at radius 3 is 2.52 bits per heavy atom. The molecule has 0 saturated carbocycles. The van der Waals surface area contributed by atoms with Gasteiger partial charge in [0.15, 0.2) is 11.9 Å². The monoisotopic (exact) mass is 365 g/mol. The Bertz CT molecular complexity index is 1010. The molecule has 136 valence electrons. The molecule has 8 heteroatoms. The van der Waals surface area contributed by atoms with Gasteiger partial charge in [0, 0.05) is 6.54 Å². The van der Waals surface area contributed by atoms with Crippen LogP contribution >= 0.6 is 0 Å². The minimum absolute atomic E-state index is 0.00710. The molecule has 0 aliphatic heterocycles. The molecule has 0 unspecified atom stereocenters. The number of carbonyl (C=O) groups is 1. The summed E-state index contributed by atoms with van der Waals surface area (Å²) in [7, 11) is 0.